The van der Waals surface area contributed by atoms with Gasteiger partial charge in [-0.15, -0.1) is 0 Å². The highest BCUT2D eigenvalue weighted by molar-refractivity contribution is 5.70. The van der Waals surface area contributed by atoms with Gasteiger partial charge in [0.15, 0.2) is 0 Å². The molecule has 5 nitrogen and oxygen atoms in total. The van der Waals surface area contributed by atoms with Crippen LogP contribution in [-0.2, 0) is 27.4 Å². The van der Waals surface area contributed by atoms with Crippen LogP contribution in [0.5, 0.6) is 0 Å². The molecular formula is C19H21NO4. The Morgan fingerprint density at radius 1 is 0.833 bits per heavy atom. The van der Waals surface area contributed by atoms with Gasteiger partial charge in [-0.1, -0.05) is 60.7 Å². The van der Waals surface area contributed by atoms with E-state index in [0.717, 1.165) is 11.1 Å². The van der Waals surface area contributed by atoms with E-state index in [4.69, 9.17) is 14.2 Å². The second-order valence-electron chi connectivity index (χ2n) is 5.70. The van der Waals surface area contributed by atoms with Gasteiger partial charge in [0.1, 0.15) is 6.10 Å². The Hall–Kier alpha value is -2.37. The van der Waals surface area contributed by atoms with Crippen LogP contribution in [0, 0.1) is 0 Å². The molecule has 2 unspecified atom stereocenters. The molecule has 1 heterocycles. The largest absolute Gasteiger partial charge is 0.441 e. The molecule has 0 bridgehead atoms. The van der Waals surface area contributed by atoms with Gasteiger partial charge in [0, 0.05) is 0 Å². The van der Waals surface area contributed by atoms with E-state index in [9.17, 15) is 4.79 Å². The van der Waals surface area contributed by atoms with E-state index in [2.05, 4.69) is 5.32 Å². The van der Waals surface area contributed by atoms with Gasteiger partial charge < -0.3 is 19.5 Å². The molecule has 1 N–H and O–H groups in total. The predicted octanol–water partition coefficient (Wildman–Crippen LogP) is 2.90. The lowest BCUT2D eigenvalue weighted by Gasteiger charge is -2.17. The molecule has 24 heavy (non-hydrogen) atoms. The van der Waals surface area contributed by atoms with Crippen molar-refractivity contribution >= 4 is 6.09 Å². The molecule has 126 valence electrons. The van der Waals surface area contributed by atoms with Crippen LogP contribution >= 0.6 is 0 Å². The van der Waals surface area contributed by atoms with Crippen LogP contribution in [0.3, 0.4) is 0 Å². The molecule has 1 aliphatic rings. The first-order chi connectivity index (χ1) is 11.8. The number of hydrogen-bond acceptors (Lipinski definition) is 4. The number of nitrogens with one attached hydrogen (secondary N) is 1. The minimum Gasteiger partial charge on any atom is -0.441 e. The summed E-state index contributed by atoms with van der Waals surface area (Å²) < 4.78 is 16.6. The maximum atomic E-state index is 11.5. The van der Waals surface area contributed by atoms with Crippen molar-refractivity contribution in [2.45, 2.75) is 25.4 Å². The number of amides is 1. The van der Waals surface area contributed by atoms with Crippen molar-refractivity contribution in [2.24, 2.45) is 0 Å². The van der Waals surface area contributed by atoms with E-state index in [-0.39, 0.29) is 12.1 Å². The number of benzene rings is 2. The first kappa shape index (κ1) is 16.5. The summed E-state index contributed by atoms with van der Waals surface area (Å²) in [6.45, 7) is 1.73. The fourth-order valence-corrected chi connectivity index (χ4v) is 2.54. The first-order valence-corrected chi connectivity index (χ1v) is 8.02. The van der Waals surface area contributed by atoms with Crippen LogP contribution in [0.25, 0.3) is 0 Å². The molecule has 1 aliphatic heterocycles. The van der Waals surface area contributed by atoms with E-state index in [0.29, 0.717) is 26.4 Å². The van der Waals surface area contributed by atoms with Crippen LogP contribution in [0.4, 0.5) is 4.79 Å². The second-order valence-corrected chi connectivity index (χ2v) is 5.70. The molecule has 2 aromatic carbocycles. The first-order valence-electron chi connectivity index (χ1n) is 8.02. The topological polar surface area (TPSA) is 56.8 Å². The molecule has 1 amide bonds. The highest BCUT2D eigenvalue weighted by Gasteiger charge is 2.34. The van der Waals surface area contributed by atoms with E-state index < -0.39 is 6.09 Å². The molecule has 0 aromatic heterocycles. The molecule has 1 saturated heterocycles. The lowest BCUT2D eigenvalue weighted by atomic mass is 10.2. The molecular weight excluding hydrogens is 306 g/mol. The molecule has 1 fully saturated rings. The number of carbonyl (C=O) groups is 1. The van der Waals surface area contributed by atoms with Crippen LogP contribution in [-0.4, -0.2) is 31.5 Å². The van der Waals surface area contributed by atoms with Crippen molar-refractivity contribution in [1.29, 1.82) is 0 Å². The van der Waals surface area contributed by atoms with Crippen molar-refractivity contribution in [2.75, 3.05) is 13.2 Å². The molecule has 2 aromatic rings. The summed E-state index contributed by atoms with van der Waals surface area (Å²) in [5.41, 5.74) is 2.19. The Labute approximate surface area is 141 Å². The molecule has 3 rings (SSSR count). The number of rotatable bonds is 8. The van der Waals surface area contributed by atoms with Crippen molar-refractivity contribution < 1.29 is 19.0 Å². The predicted molar refractivity (Wildman–Crippen MR) is 89.4 cm³/mol. The summed E-state index contributed by atoms with van der Waals surface area (Å²) in [5, 5.41) is 2.77. The third-order valence-electron chi connectivity index (χ3n) is 3.81. The number of carbonyl (C=O) groups excluding carboxylic acids is 1. The van der Waals surface area contributed by atoms with Gasteiger partial charge in [-0.3, -0.25) is 0 Å². The molecule has 5 heteroatoms. The second kappa shape index (κ2) is 8.47. The van der Waals surface area contributed by atoms with Gasteiger partial charge in [0.05, 0.1) is 32.5 Å². The molecule has 0 aliphatic carbocycles. The highest BCUT2D eigenvalue weighted by Crippen LogP contribution is 2.12. The molecule has 2 atom stereocenters. The van der Waals surface area contributed by atoms with Gasteiger partial charge >= 0.3 is 6.09 Å². The van der Waals surface area contributed by atoms with Crippen molar-refractivity contribution in [3.8, 4) is 0 Å². The molecule has 0 spiro atoms. The minimum absolute atomic E-state index is 0.197. The summed E-state index contributed by atoms with van der Waals surface area (Å²) in [5.74, 6) is 0. The Morgan fingerprint density at radius 2 is 1.38 bits per heavy atom. The summed E-state index contributed by atoms with van der Waals surface area (Å²) >= 11 is 0. The smallest absolute Gasteiger partial charge is 0.408 e. The Kier molecular flexibility index (Phi) is 5.82. The van der Waals surface area contributed by atoms with Crippen molar-refractivity contribution in [3.05, 3.63) is 71.8 Å². The van der Waals surface area contributed by atoms with E-state index in [1.54, 1.807) is 0 Å². The summed E-state index contributed by atoms with van der Waals surface area (Å²) in [7, 11) is 0. The summed E-state index contributed by atoms with van der Waals surface area (Å²) in [4.78, 5) is 11.5. The van der Waals surface area contributed by atoms with E-state index in [1.807, 2.05) is 60.7 Å². The Bertz CT molecular complexity index is 577. The summed E-state index contributed by atoms with van der Waals surface area (Å²) in [6, 6.07) is 19.6. The van der Waals surface area contributed by atoms with Gasteiger partial charge in [0.25, 0.3) is 0 Å². The van der Waals surface area contributed by atoms with Crippen molar-refractivity contribution in [3.63, 3.8) is 0 Å². The van der Waals surface area contributed by atoms with Crippen LogP contribution in [0.2, 0.25) is 0 Å². The normalized spacial score (nSPS) is 19.8. The van der Waals surface area contributed by atoms with Crippen LogP contribution in [0.15, 0.2) is 60.7 Å². The fraction of sp³-hybridized carbons (Fsp3) is 0.316. The quantitative estimate of drug-likeness (QED) is 0.810. The van der Waals surface area contributed by atoms with Crippen molar-refractivity contribution in [1.82, 2.24) is 5.32 Å². The summed E-state index contributed by atoms with van der Waals surface area (Å²) in [6.07, 6.45) is -0.756. The third-order valence-corrected chi connectivity index (χ3v) is 3.81. The lowest BCUT2D eigenvalue weighted by Crippen LogP contribution is -2.38. The number of ether oxygens (including phenoxy) is 3. The third kappa shape index (κ3) is 4.81. The van der Waals surface area contributed by atoms with Crippen LogP contribution < -0.4 is 5.32 Å². The monoisotopic (exact) mass is 327 g/mol. The number of alkyl carbamates (subject to hydrolysis) is 1. The fourth-order valence-electron chi connectivity index (χ4n) is 2.54. The van der Waals surface area contributed by atoms with E-state index in [1.165, 1.54) is 0 Å². The average molecular weight is 327 g/mol. The molecule has 0 radical (unpaired) electrons. The van der Waals surface area contributed by atoms with Gasteiger partial charge in [-0.25, -0.2) is 4.79 Å². The number of cyclic esters (lactones) is 1. The molecule has 0 saturated carbocycles. The zero-order valence-electron chi connectivity index (χ0n) is 13.4. The number of hydrogen-bond donors (Lipinski definition) is 1. The standard InChI is InChI=1S/C19H21NO4/c21-19-20-17(13-22-11-15-7-3-1-4-8-15)18(24-19)14-23-12-16-9-5-2-6-10-16/h1-10,17-18H,11-14H2,(H,20,21). The zero-order valence-corrected chi connectivity index (χ0v) is 13.4. The zero-order chi connectivity index (χ0) is 16.6. The SMILES string of the molecule is O=C1NC(COCc2ccccc2)C(COCc2ccccc2)O1. The van der Waals surface area contributed by atoms with Crippen LogP contribution in [0.1, 0.15) is 11.1 Å². The lowest BCUT2D eigenvalue weighted by molar-refractivity contribution is 0.00888. The average Bonchev–Trinajstić information content (AvgIpc) is 2.96. The Balaban J connectivity index is 1.42. The van der Waals surface area contributed by atoms with Gasteiger partial charge in [-0.2, -0.15) is 0 Å². The maximum absolute atomic E-state index is 11.5. The van der Waals surface area contributed by atoms with E-state index >= 15 is 0 Å². The Morgan fingerprint density at radius 3 is 1.96 bits per heavy atom. The maximum Gasteiger partial charge on any atom is 0.408 e. The van der Waals surface area contributed by atoms with Gasteiger partial charge in [0.2, 0.25) is 0 Å². The highest BCUT2D eigenvalue weighted by atomic mass is 16.6. The van der Waals surface area contributed by atoms with Gasteiger partial charge in [-0.05, 0) is 11.1 Å². The minimum atomic E-state index is -0.420.